The zero-order chi connectivity index (χ0) is 11.4. The van der Waals surface area contributed by atoms with E-state index in [-0.39, 0.29) is 18.2 Å². The summed E-state index contributed by atoms with van der Waals surface area (Å²) in [5, 5.41) is 13.8. The standard InChI is InChI=1S/C11H20N2OS/c1-5-10-6-12-11(15-10)8(3)13-7(2)9(4)14/h6-9,13-14H,5H2,1-4H3. The fraction of sp³-hybridized carbons (Fsp3) is 0.727. The van der Waals surface area contributed by atoms with Crippen LogP contribution < -0.4 is 5.32 Å². The van der Waals surface area contributed by atoms with Crippen LogP contribution >= 0.6 is 11.3 Å². The molecule has 1 aromatic rings. The predicted octanol–water partition coefficient (Wildman–Crippen LogP) is 2.13. The minimum absolute atomic E-state index is 0.0916. The number of aliphatic hydroxyl groups is 1. The number of nitrogens with zero attached hydrogens (tertiary/aromatic N) is 1. The summed E-state index contributed by atoms with van der Waals surface area (Å²) in [5.74, 6) is 0. The molecule has 0 fully saturated rings. The van der Waals surface area contributed by atoms with Crippen molar-refractivity contribution in [3.63, 3.8) is 0 Å². The molecule has 1 aromatic heterocycles. The maximum atomic E-state index is 9.39. The smallest absolute Gasteiger partial charge is 0.109 e. The largest absolute Gasteiger partial charge is 0.392 e. The summed E-state index contributed by atoms with van der Waals surface area (Å²) in [5.41, 5.74) is 0. The maximum Gasteiger partial charge on any atom is 0.109 e. The lowest BCUT2D eigenvalue weighted by atomic mass is 10.2. The van der Waals surface area contributed by atoms with Crippen LogP contribution in [0.2, 0.25) is 0 Å². The highest BCUT2D eigenvalue weighted by Gasteiger charge is 2.15. The summed E-state index contributed by atoms with van der Waals surface area (Å²) in [6, 6.07) is 0.300. The predicted molar refractivity (Wildman–Crippen MR) is 64.2 cm³/mol. The van der Waals surface area contributed by atoms with Gasteiger partial charge in [-0.15, -0.1) is 11.3 Å². The van der Waals surface area contributed by atoms with Gasteiger partial charge in [-0.1, -0.05) is 6.92 Å². The Labute approximate surface area is 95.6 Å². The molecule has 0 aromatic carbocycles. The fourth-order valence-electron chi connectivity index (χ4n) is 1.29. The minimum atomic E-state index is -0.335. The number of nitrogens with one attached hydrogen (secondary N) is 1. The van der Waals surface area contributed by atoms with Crippen molar-refractivity contribution in [2.45, 2.75) is 52.3 Å². The molecule has 0 saturated heterocycles. The van der Waals surface area contributed by atoms with Gasteiger partial charge in [-0.05, 0) is 27.2 Å². The van der Waals surface area contributed by atoms with Gasteiger partial charge in [-0.3, -0.25) is 0 Å². The molecule has 4 heteroatoms. The first-order valence-corrected chi connectivity index (χ1v) is 6.25. The molecule has 86 valence electrons. The molecule has 0 aliphatic rings. The molecule has 0 saturated carbocycles. The number of aliphatic hydroxyl groups excluding tert-OH is 1. The highest BCUT2D eigenvalue weighted by molar-refractivity contribution is 7.11. The lowest BCUT2D eigenvalue weighted by molar-refractivity contribution is 0.147. The molecule has 3 nitrogen and oxygen atoms in total. The Balaban J connectivity index is 2.56. The van der Waals surface area contributed by atoms with E-state index in [1.54, 1.807) is 18.3 Å². The van der Waals surface area contributed by atoms with Gasteiger partial charge in [0.05, 0.1) is 12.1 Å². The van der Waals surface area contributed by atoms with Gasteiger partial charge in [0.2, 0.25) is 0 Å². The summed E-state index contributed by atoms with van der Waals surface area (Å²) in [4.78, 5) is 5.68. The Hall–Kier alpha value is -0.450. The minimum Gasteiger partial charge on any atom is -0.392 e. The number of hydrogen-bond donors (Lipinski definition) is 2. The van der Waals surface area contributed by atoms with Crippen molar-refractivity contribution < 1.29 is 5.11 Å². The molecule has 0 aliphatic heterocycles. The van der Waals surface area contributed by atoms with Crippen molar-refractivity contribution in [2.75, 3.05) is 0 Å². The second kappa shape index (κ2) is 5.58. The van der Waals surface area contributed by atoms with Crippen LogP contribution in [0, 0.1) is 0 Å². The molecule has 1 rings (SSSR count). The summed E-state index contributed by atoms with van der Waals surface area (Å²) in [7, 11) is 0. The average Bonchev–Trinajstić information content (AvgIpc) is 2.65. The number of rotatable bonds is 5. The van der Waals surface area contributed by atoms with E-state index in [0.717, 1.165) is 11.4 Å². The molecular formula is C11H20N2OS. The van der Waals surface area contributed by atoms with Crippen LogP contribution in [-0.4, -0.2) is 22.2 Å². The Bertz CT molecular complexity index is 299. The normalized spacial score (nSPS) is 17.4. The van der Waals surface area contributed by atoms with Gasteiger partial charge in [0.1, 0.15) is 5.01 Å². The molecule has 3 unspecified atom stereocenters. The zero-order valence-corrected chi connectivity index (χ0v) is 10.6. The van der Waals surface area contributed by atoms with E-state index in [9.17, 15) is 5.11 Å². The van der Waals surface area contributed by atoms with E-state index in [1.807, 2.05) is 13.1 Å². The summed E-state index contributed by atoms with van der Waals surface area (Å²) >= 11 is 1.74. The Morgan fingerprint density at radius 2 is 2.13 bits per heavy atom. The number of thiazole rings is 1. The quantitative estimate of drug-likeness (QED) is 0.811. The van der Waals surface area contributed by atoms with Gasteiger partial charge in [0.25, 0.3) is 0 Å². The third-order valence-electron chi connectivity index (χ3n) is 2.53. The van der Waals surface area contributed by atoms with Crippen LogP contribution in [0.15, 0.2) is 6.20 Å². The highest BCUT2D eigenvalue weighted by Crippen LogP contribution is 2.20. The van der Waals surface area contributed by atoms with Gasteiger partial charge in [0, 0.05) is 17.1 Å². The summed E-state index contributed by atoms with van der Waals surface area (Å²) < 4.78 is 0. The van der Waals surface area contributed by atoms with Crippen molar-refractivity contribution in [2.24, 2.45) is 0 Å². The van der Waals surface area contributed by atoms with E-state index in [4.69, 9.17) is 0 Å². The van der Waals surface area contributed by atoms with Gasteiger partial charge >= 0.3 is 0 Å². The molecule has 0 bridgehead atoms. The molecule has 0 aliphatic carbocycles. The Morgan fingerprint density at radius 1 is 1.47 bits per heavy atom. The second-order valence-corrected chi connectivity index (χ2v) is 5.08. The van der Waals surface area contributed by atoms with Crippen LogP contribution in [0.1, 0.15) is 43.6 Å². The molecule has 15 heavy (non-hydrogen) atoms. The van der Waals surface area contributed by atoms with E-state index in [0.29, 0.717) is 0 Å². The maximum absolute atomic E-state index is 9.39. The first kappa shape index (κ1) is 12.6. The third kappa shape index (κ3) is 3.55. The van der Waals surface area contributed by atoms with Gasteiger partial charge < -0.3 is 10.4 Å². The van der Waals surface area contributed by atoms with Crippen LogP contribution in [0.3, 0.4) is 0 Å². The SMILES string of the molecule is CCc1cnc(C(C)NC(C)C(C)O)s1. The monoisotopic (exact) mass is 228 g/mol. The van der Waals surface area contributed by atoms with Crippen LogP contribution in [0.4, 0.5) is 0 Å². The number of aryl methyl sites for hydroxylation is 1. The van der Waals surface area contributed by atoms with Crippen molar-refractivity contribution in [1.82, 2.24) is 10.3 Å². The van der Waals surface area contributed by atoms with Crippen molar-refractivity contribution in [3.05, 3.63) is 16.1 Å². The van der Waals surface area contributed by atoms with Gasteiger partial charge in [-0.2, -0.15) is 0 Å². The number of hydrogen-bond acceptors (Lipinski definition) is 4. The van der Waals surface area contributed by atoms with Crippen LogP contribution in [-0.2, 0) is 6.42 Å². The molecule has 0 radical (unpaired) electrons. The van der Waals surface area contributed by atoms with Crippen molar-refractivity contribution in [1.29, 1.82) is 0 Å². The van der Waals surface area contributed by atoms with Gasteiger partial charge in [0.15, 0.2) is 0 Å². The fourth-order valence-corrected chi connectivity index (χ4v) is 2.16. The molecular weight excluding hydrogens is 208 g/mol. The Morgan fingerprint density at radius 3 is 2.60 bits per heavy atom. The van der Waals surface area contributed by atoms with E-state index in [2.05, 4.69) is 24.1 Å². The van der Waals surface area contributed by atoms with E-state index < -0.39 is 0 Å². The van der Waals surface area contributed by atoms with Crippen molar-refractivity contribution in [3.8, 4) is 0 Å². The van der Waals surface area contributed by atoms with Crippen LogP contribution in [0.25, 0.3) is 0 Å². The van der Waals surface area contributed by atoms with Crippen molar-refractivity contribution >= 4 is 11.3 Å². The zero-order valence-electron chi connectivity index (χ0n) is 9.82. The van der Waals surface area contributed by atoms with E-state index >= 15 is 0 Å². The molecule has 3 atom stereocenters. The second-order valence-electron chi connectivity index (χ2n) is 3.94. The third-order valence-corrected chi connectivity index (χ3v) is 3.85. The lowest BCUT2D eigenvalue weighted by Gasteiger charge is -2.20. The van der Waals surface area contributed by atoms with E-state index in [1.165, 1.54) is 4.88 Å². The highest BCUT2D eigenvalue weighted by atomic mass is 32.1. The molecule has 2 N–H and O–H groups in total. The first-order valence-electron chi connectivity index (χ1n) is 5.43. The summed E-state index contributed by atoms with van der Waals surface area (Å²) in [6.45, 7) is 7.99. The first-order chi connectivity index (χ1) is 7.04. The molecule has 0 amide bonds. The van der Waals surface area contributed by atoms with Gasteiger partial charge in [-0.25, -0.2) is 4.98 Å². The molecule has 1 heterocycles. The number of aromatic nitrogens is 1. The Kier molecular flexibility index (Phi) is 4.70. The lowest BCUT2D eigenvalue weighted by Crippen LogP contribution is -2.37. The topological polar surface area (TPSA) is 45.2 Å². The average molecular weight is 228 g/mol. The molecule has 0 spiro atoms. The van der Waals surface area contributed by atoms with Crippen LogP contribution in [0.5, 0.6) is 0 Å². The summed E-state index contributed by atoms with van der Waals surface area (Å²) in [6.07, 6.45) is 2.64.